The van der Waals surface area contributed by atoms with Gasteiger partial charge in [0, 0.05) is 32.8 Å². The first kappa shape index (κ1) is 13.1. The minimum atomic E-state index is -0.799. The van der Waals surface area contributed by atoms with Crippen molar-refractivity contribution in [3.8, 4) is 0 Å². The fraction of sp³-hybridized carbons (Fsp3) is 0.833. The summed E-state index contributed by atoms with van der Waals surface area (Å²) in [5.41, 5.74) is 0. The highest BCUT2D eigenvalue weighted by Gasteiger charge is 2.30. The third-order valence-electron chi connectivity index (χ3n) is 3.53. The highest BCUT2D eigenvalue weighted by Crippen LogP contribution is 2.18. The van der Waals surface area contributed by atoms with E-state index in [0.29, 0.717) is 45.8 Å². The van der Waals surface area contributed by atoms with Crippen molar-refractivity contribution >= 4 is 12.0 Å². The maximum atomic E-state index is 12.3. The third-order valence-corrected chi connectivity index (χ3v) is 3.53. The summed E-state index contributed by atoms with van der Waals surface area (Å²) in [5, 5.41) is 9.02. The Morgan fingerprint density at radius 1 is 1.06 bits per heavy atom. The zero-order valence-corrected chi connectivity index (χ0v) is 10.5. The van der Waals surface area contributed by atoms with Crippen LogP contribution in [0, 0.1) is 5.92 Å². The van der Waals surface area contributed by atoms with E-state index < -0.39 is 11.9 Å². The molecule has 102 valence electrons. The van der Waals surface area contributed by atoms with Crippen LogP contribution >= 0.6 is 0 Å². The summed E-state index contributed by atoms with van der Waals surface area (Å²) in [6.07, 6.45) is 2.29. The van der Waals surface area contributed by atoms with E-state index >= 15 is 0 Å². The summed E-state index contributed by atoms with van der Waals surface area (Å²) in [6.45, 7) is 3.58. The van der Waals surface area contributed by atoms with Crippen LogP contribution in [0.2, 0.25) is 0 Å². The number of piperidine rings is 1. The van der Waals surface area contributed by atoms with Crippen LogP contribution in [0.25, 0.3) is 0 Å². The summed E-state index contributed by atoms with van der Waals surface area (Å²) >= 11 is 0. The van der Waals surface area contributed by atoms with Crippen LogP contribution in [0.4, 0.5) is 4.79 Å². The minimum absolute atomic E-state index is 0.0357. The lowest BCUT2D eigenvalue weighted by Gasteiger charge is -2.34. The van der Waals surface area contributed by atoms with Crippen LogP contribution in [0.3, 0.4) is 0 Å². The summed E-state index contributed by atoms with van der Waals surface area (Å²) < 4.78 is 5.32. The van der Waals surface area contributed by atoms with E-state index in [2.05, 4.69) is 0 Å². The number of aliphatic carboxylic acids is 1. The Hall–Kier alpha value is -1.30. The number of amides is 2. The SMILES string of the molecule is O=C(O)[C@H]1CCCN(C(=O)N2CCCOCC2)C1. The van der Waals surface area contributed by atoms with Crippen LogP contribution < -0.4 is 0 Å². The number of carboxylic acid groups (broad SMARTS) is 1. The van der Waals surface area contributed by atoms with Gasteiger partial charge in [-0.25, -0.2) is 4.79 Å². The van der Waals surface area contributed by atoms with E-state index in [1.165, 1.54) is 0 Å². The van der Waals surface area contributed by atoms with Crippen LogP contribution in [-0.4, -0.2) is 66.3 Å². The Labute approximate surface area is 106 Å². The molecule has 0 aromatic heterocycles. The van der Waals surface area contributed by atoms with E-state index in [9.17, 15) is 9.59 Å². The molecule has 0 bridgehead atoms. The van der Waals surface area contributed by atoms with Gasteiger partial charge in [0.05, 0.1) is 12.5 Å². The summed E-state index contributed by atoms with van der Waals surface area (Å²) in [7, 11) is 0. The lowest BCUT2D eigenvalue weighted by atomic mass is 9.99. The van der Waals surface area contributed by atoms with E-state index in [-0.39, 0.29) is 6.03 Å². The van der Waals surface area contributed by atoms with Gasteiger partial charge in [-0.3, -0.25) is 4.79 Å². The fourth-order valence-electron chi connectivity index (χ4n) is 2.49. The van der Waals surface area contributed by atoms with Crippen molar-refractivity contribution in [1.29, 1.82) is 0 Å². The first-order valence-corrected chi connectivity index (χ1v) is 6.53. The Balaban J connectivity index is 1.92. The van der Waals surface area contributed by atoms with Gasteiger partial charge in [-0.05, 0) is 19.3 Å². The largest absolute Gasteiger partial charge is 0.481 e. The van der Waals surface area contributed by atoms with Crippen molar-refractivity contribution in [2.24, 2.45) is 5.92 Å². The van der Waals surface area contributed by atoms with Crippen molar-refractivity contribution in [1.82, 2.24) is 9.80 Å². The quantitative estimate of drug-likeness (QED) is 0.747. The molecule has 2 heterocycles. The van der Waals surface area contributed by atoms with Gasteiger partial charge in [0.25, 0.3) is 0 Å². The van der Waals surface area contributed by atoms with Crippen LogP contribution in [0.15, 0.2) is 0 Å². The first-order valence-electron chi connectivity index (χ1n) is 6.53. The standard InChI is InChI=1S/C12H20N2O4/c15-11(16)10-3-1-4-14(9-10)12(17)13-5-2-7-18-8-6-13/h10H,1-9H2,(H,15,16)/t10-/m0/s1. The molecule has 2 aliphatic heterocycles. The Morgan fingerprint density at radius 2 is 1.83 bits per heavy atom. The second kappa shape index (κ2) is 6.04. The molecule has 18 heavy (non-hydrogen) atoms. The van der Waals surface area contributed by atoms with Gasteiger partial charge in [-0.15, -0.1) is 0 Å². The summed E-state index contributed by atoms with van der Waals surface area (Å²) in [4.78, 5) is 26.7. The van der Waals surface area contributed by atoms with Crippen molar-refractivity contribution in [3.63, 3.8) is 0 Å². The normalized spacial score (nSPS) is 25.7. The van der Waals surface area contributed by atoms with Gasteiger partial charge in [0.2, 0.25) is 0 Å². The number of carbonyl (C=O) groups excluding carboxylic acids is 1. The average molecular weight is 256 g/mol. The molecule has 2 saturated heterocycles. The third kappa shape index (κ3) is 3.13. The molecule has 1 N–H and O–H groups in total. The second-order valence-electron chi connectivity index (χ2n) is 4.86. The van der Waals surface area contributed by atoms with Crippen molar-refractivity contribution in [3.05, 3.63) is 0 Å². The molecule has 6 nitrogen and oxygen atoms in total. The summed E-state index contributed by atoms with van der Waals surface area (Å²) in [5.74, 6) is -1.21. The second-order valence-corrected chi connectivity index (χ2v) is 4.86. The smallest absolute Gasteiger partial charge is 0.320 e. The number of hydrogen-bond acceptors (Lipinski definition) is 3. The number of nitrogens with zero attached hydrogens (tertiary/aromatic N) is 2. The zero-order valence-electron chi connectivity index (χ0n) is 10.5. The molecule has 0 aromatic carbocycles. The molecular weight excluding hydrogens is 236 g/mol. The monoisotopic (exact) mass is 256 g/mol. The number of carboxylic acids is 1. The van der Waals surface area contributed by atoms with Gasteiger partial charge in [0.1, 0.15) is 0 Å². The first-order chi connectivity index (χ1) is 8.68. The number of rotatable bonds is 1. The topological polar surface area (TPSA) is 70.1 Å². The molecule has 0 saturated carbocycles. The van der Waals surface area contributed by atoms with Crippen molar-refractivity contribution < 1.29 is 19.4 Å². The van der Waals surface area contributed by atoms with Gasteiger partial charge >= 0.3 is 12.0 Å². The molecule has 0 spiro atoms. The number of urea groups is 1. The molecule has 0 aliphatic carbocycles. The fourth-order valence-corrected chi connectivity index (χ4v) is 2.49. The predicted molar refractivity (Wildman–Crippen MR) is 64.3 cm³/mol. The van der Waals surface area contributed by atoms with Crippen LogP contribution in [0.5, 0.6) is 0 Å². The number of likely N-dealkylation sites (tertiary alicyclic amines) is 1. The number of hydrogen-bond donors (Lipinski definition) is 1. The van der Waals surface area contributed by atoms with E-state index in [1.54, 1.807) is 9.80 Å². The van der Waals surface area contributed by atoms with Crippen molar-refractivity contribution in [2.45, 2.75) is 19.3 Å². The molecule has 2 aliphatic rings. The lowest BCUT2D eigenvalue weighted by Crippen LogP contribution is -2.49. The minimum Gasteiger partial charge on any atom is -0.481 e. The Bertz CT molecular complexity index is 313. The van der Waals surface area contributed by atoms with E-state index in [4.69, 9.17) is 9.84 Å². The van der Waals surface area contributed by atoms with E-state index in [1.807, 2.05) is 0 Å². The summed E-state index contributed by atoms with van der Waals surface area (Å²) in [6, 6.07) is -0.0357. The number of carbonyl (C=O) groups is 2. The van der Waals surface area contributed by atoms with Gasteiger partial charge in [-0.2, -0.15) is 0 Å². The average Bonchev–Trinajstić information content (AvgIpc) is 2.67. The lowest BCUT2D eigenvalue weighted by molar-refractivity contribution is -0.143. The Morgan fingerprint density at radius 3 is 2.61 bits per heavy atom. The molecule has 2 fully saturated rings. The molecule has 0 aromatic rings. The maximum Gasteiger partial charge on any atom is 0.320 e. The van der Waals surface area contributed by atoms with Crippen LogP contribution in [0.1, 0.15) is 19.3 Å². The van der Waals surface area contributed by atoms with Crippen LogP contribution in [-0.2, 0) is 9.53 Å². The molecular formula is C12H20N2O4. The maximum absolute atomic E-state index is 12.3. The Kier molecular flexibility index (Phi) is 4.41. The van der Waals surface area contributed by atoms with E-state index in [0.717, 1.165) is 12.8 Å². The molecule has 2 amide bonds. The highest BCUT2D eigenvalue weighted by molar-refractivity contribution is 5.76. The van der Waals surface area contributed by atoms with Gasteiger partial charge in [-0.1, -0.05) is 0 Å². The highest BCUT2D eigenvalue weighted by atomic mass is 16.5. The van der Waals surface area contributed by atoms with Gasteiger partial charge < -0.3 is 19.6 Å². The molecule has 2 rings (SSSR count). The molecule has 1 atom stereocenters. The molecule has 0 unspecified atom stereocenters. The molecule has 6 heteroatoms. The zero-order chi connectivity index (χ0) is 13.0. The number of ether oxygens (including phenoxy) is 1. The predicted octanol–water partition coefficient (Wildman–Crippen LogP) is 0.625. The van der Waals surface area contributed by atoms with Gasteiger partial charge in [0.15, 0.2) is 0 Å². The van der Waals surface area contributed by atoms with Crippen molar-refractivity contribution in [2.75, 3.05) is 39.4 Å². The molecule has 0 radical (unpaired) electrons.